The number of hydrogen-bond donors (Lipinski definition) is 2. The molecule has 33 heavy (non-hydrogen) atoms. The summed E-state index contributed by atoms with van der Waals surface area (Å²) in [6.45, 7) is 2.14. The average Bonchev–Trinajstić information content (AvgIpc) is 3.27. The van der Waals surface area contributed by atoms with Gasteiger partial charge in [-0.15, -0.1) is 0 Å². The molecule has 2 aliphatic heterocycles. The summed E-state index contributed by atoms with van der Waals surface area (Å²) in [5.74, 6) is -0.640. The summed E-state index contributed by atoms with van der Waals surface area (Å²) in [4.78, 5) is 25.1. The Morgan fingerprint density at radius 1 is 1.06 bits per heavy atom. The van der Waals surface area contributed by atoms with E-state index in [1.807, 2.05) is 6.92 Å². The van der Waals surface area contributed by atoms with Gasteiger partial charge in [0.05, 0.1) is 5.92 Å². The predicted octanol–water partition coefficient (Wildman–Crippen LogP) is 3.97. The Balaban J connectivity index is 1.42. The third-order valence-electron chi connectivity index (χ3n) is 6.55. The van der Waals surface area contributed by atoms with Crippen molar-refractivity contribution in [3.05, 3.63) is 105 Å². The zero-order chi connectivity index (χ0) is 23.2. The van der Waals surface area contributed by atoms with Gasteiger partial charge >= 0.3 is 0 Å². The molecule has 0 aromatic heterocycles. The molecule has 8 heteroatoms. The molecule has 1 fully saturated rings. The van der Waals surface area contributed by atoms with Gasteiger partial charge in [0, 0.05) is 22.2 Å². The van der Waals surface area contributed by atoms with Crippen molar-refractivity contribution in [1.82, 2.24) is 5.32 Å². The standard InChI is InChI=1S/C25H22FN3O4/c1-15-22(17-8-12-19(13-9-17)33-14-16-6-10-18(26)11-7-16)23(29(31)32)25(28-15)20-4-2-3-5-21(20)27-24(25)30/h2-13,15,22-23,28H,14H2,1H3,(H,27,30)/t15-,22-,23-,25-/m0/s1. The summed E-state index contributed by atoms with van der Waals surface area (Å²) in [5, 5.41) is 18.4. The van der Waals surface area contributed by atoms with Gasteiger partial charge in [-0.25, -0.2) is 4.39 Å². The van der Waals surface area contributed by atoms with Crippen molar-refractivity contribution in [2.75, 3.05) is 5.32 Å². The molecular formula is C25H22FN3O4. The van der Waals surface area contributed by atoms with Gasteiger partial charge in [-0.05, 0) is 48.4 Å². The predicted molar refractivity (Wildman–Crippen MR) is 120 cm³/mol. The largest absolute Gasteiger partial charge is 0.489 e. The molecule has 5 rings (SSSR count). The summed E-state index contributed by atoms with van der Waals surface area (Å²) < 4.78 is 18.8. The number of para-hydroxylation sites is 1. The molecule has 3 aromatic rings. The van der Waals surface area contributed by atoms with Crippen LogP contribution in [0.4, 0.5) is 10.1 Å². The number of ether oxygens (including phenoxy) is 1. The molecule has 2 heterocycles. The first-order chi connectivity index (χ1) is 15.9. The summed E-state index contributed by atoms with van der Waals surface area (Å²) in [6, 6.07) is 18.8. The topological polar surface area (TPSA) is 93.5 Å². The van der Waals surface area contributed by atoms with Crippen molar-refractivity contribution in [1.29, 1.82) is 0 Å². The SMILES string of the molecule is C[C@@H]1N[C@]2(C(=O)Nc3ccccc32)[C@@H]([N+](=O)[O-])[C@@H]1c1ccc(OCc2ccc(F)cc2)cc1. The Hall–Kier alpha value is -3.78. The van der Waals surface area contributed by atoms with Gasteiger partial charge in [0.1, 0.15) is 18.2 Å². The molecule has 1 spiro atoms. The monoisotopic (exact) mass is 447 g/mol. The molecule has 1 saturated heterocycles. The molecular weight excluding hydrogens is 425 g/mol. The van der Waals surface area contributed by atoms with E-state index >= 15 is 0 Å². The van der Waals surface area contributed by atoms with Crippen LogP contribution in [0.25, 0.3) is 0 Å². The van der Waals surface area contributed by atoms with E-state index in [0.717, 1.165) is 11.1 Å². The number of hydrogen-bond acceptors (Lipinski definition) is 5. The molecule has 1 amide bonds. The van der Waals surface area contributed by atoms with Gasteiger partial charge < -0.3 is 10.1 Å². The van der Waals surface area contributed by atoms with Crippen LogP contribution in [0.2, 0.25) is 0 Å². The van der Waals surface area contributed by atoms with Crippen LogP contribution in [0, 0.1) is 15.9 Å². The molecule has 3 aromatic carbocycles. The fourth-order valence-corrected chi connectivity index (χ4v) is 5.09. The number of carbonyl (C=O) groups is 1. The molecule has 168 valence electrons. The minimum absolute atomic E-state index is 0.276. The highest BCUT2D eigenvalue weighted by atomic mass is 19.1. The zero-order valence-corrected chi connectivity index (χ0v) is 17.8. The van der Waals surface area contributed by atoms with Crippen molar-refractivity contribution in [2.45, 2.75) is 37.1 Å². The normalized spacial score (nSPS) is 25.6. The van der Waals surface area contributed by atoms with Crippen LogP contribution in [0.1, 0.15) is 29.5 Å². The Bertz CT molecular complexity index is 1220. The first-order valence-electron chi connectivity index (χ1n) is 10.7. The molecule has 0 unspecified atom stereocenters. The van der Waals surface area contributed by atoms with Gasteiger partial charge in [0.2, 0.25) is 0 Å². The lowest BCUT2D eigenvalue weighted by Crippen LogP contribution is -2.54. The Kier molecular flexibility index (Phi) is 5.09. The third-order valence-corrected chi connectivity index (χ3v) is 6.55. The van der Waals surface area contributed by atoms with E-state index in [1.54, 1.807) is 60.7 Å². The number of anilines is 1. The maximum atomic E-state index is 13.1. The Morgan fingerprint density at radius 2 is 1.76 bits per heavy atom. The lowest BCUT2D eigenvalue weighted by molar-refractivity contribution is -0.532. The van der Waals surface area contributed by atoms with E-state index in [-0.39, 0.29) is 23.4 Å². The maximum Gasteiger partial charge on any atom is 0.256 e. The summed E-state index contributed by atoms with van der Waals surface area (Å²) in [5.41, 5.74) is 1.35. The minimum atomic E-state index is -1.43. The highest BCUT2D eigenvalue weighted by Crippen LogP contribution is 2.49. The number of nitrogens with one attached hydrogen (secondary N) is 2. The second-order valence-electron chi connectivity index (χ2n) is 8.48. The van der Waals surface area contributed by atoms with Gasteiger partial charge in [-0.1, -0.05) is 42.5 Å². The highest BCUT2D eigenvalue weighted by molar-refractivity contribution is 6.07. The molecule has 2 aliphatic rings. The first-order valence-corrected chi connectivity index (χ1v) is 10.7. The number of halogens is 1. The van der Waals surface area contributed by atoms with Gasteiger partial charge in [0.15, 0.2) is 5.54 Å². The summed E-state index contributed by atoms with van der Waals surface area (Å²) in [7, 11) is 0. The maximum absolute atomic E-state index is 13.1. The Morgan fingerprint density at radius 3 is 2.45 bits per heavy atom. The number of nitrogens with zero attached hydrogens (tertiary/aromatic N) is 1. The minimum Gasteiger partial charge on any atom is -0.489 e. The third kappa shape index (κ3) is 3.43. The van der Waals surface area contributed by atoms with Crippen LogP contribution >= 0.6 is 0 Å². The lowest BCUT2D eigenvalue weighted by Gasteiger charge is -2.25. The zero-order valence-electron chi connectivity index (χ0n) is 17.8. The number of carbonyl (C=O) groups excluding carboxylic acids is 1. The fourth-order valence-electron chi connectivity index (χ4n) is 5.09. The average molecular weight is 447 g/mol. The smallest absolute Gasteiger partial charge is 0.256 e. The van der Waals surface area contributed by atoms with Gasteiger partial charge in [0.25, 0.3) is 11.9 Å². The number of amides is 1. The molecule has 0 bridgehead atoms. The van der Waals surface area contributed by atoms with E-state index in [1.165, 1.54) is 12.1 Å². The molecule has 0 saturated carbocycles. The van der Waals surface area contributed by atoms with E-state index in [0.29, 0.717) is 17.0 Å². The molecule has 0 radical (unpaired) electrons. The van der Waals surface area contributed by atoms with E-state index < -0.39 is 23.4 Å². The van der Waals surface area contributed by atoms with E-state index in [4.69, 9.17) is 4.74 Å². The number of fused-ring (bicyclic) bond motifs is 2. The van der Waals surface area contributed by atoms with Crippen LogP contribution in [0.15, 0.2) is 72.8 Å². The molecule has 0 aliphatic carbocycles. The number of rotatable bonds is 5. The van der Waals surface area contributed by atoms with Crippen molar-refractivity contribution >= 4 is 11.6 Å². The second-order valence-corrected chi connectivity index (χ2v) is 8.48. The van der Waals surface area contributed by atoms with E-state index in [9.17, 15) is 19.3 Å². The summed E-state index contributed by atoms with van der Waals surface area (Å²) >= 11 is 0. The second kappa shape index (κ2) is 7.97. The van der Waals surface area contributed by atoms with Crippen LogP contribution in [-0.2, 0) is 16.9 Å². The fraction of sp³-hybridized carbons (Fsp3) is 0.240. The quantitative estimate of drug-likeness (QED) is 0.456. The molecule has 7 nitrogen and oxygen atoms in total. The van der Waals surface area contributed by atoms with Gasteiger partial charge in [-0.2, -0.15) is 0 Å². The molecule has 4 atom stereocenters. The molecule has 2 N–H and O–H groups in total. The number of nitro groups is 1. The first kappa shape index (κ1) is 21.1. The van der Waals surface area contributed by atoms with Gasteiger partial charge in [-0.3, -0.25) is 20.2 Å². The van der Waals surface area contributed by atoms with Crippen molar-refractivity contribution in [3.8, 4) is 5.75 Å². The van der Waals surface area contributed by atoms with Crippen LogP contribution in [0.5, 0.6) is 5.75 Å². The van der Waals surface area contributed by atoms with Crippen LogP contribution < -0.4 is 15.4 Å². The van der Waals surface area contributed by atoms with Crippen molar-refractivity contribution in [2.24, 2.45) is 0 Å². The van der Waals surface area contributed by atoms with E-state index in [2.05, 4.69) is 10.6 Å². The lowest BCUT2D eigenvalue weighted by atomic mass is 9.78. The van der Waals surface area contributed by atoms with Crippen molar-refractivity contribution < 1.29 is 18.8 Å². The van der Waals surface area contributed by atoms with Crippen molar-refractivity contribution in [3.63, 3.8) is 0 Å². The number of benzene rings is 3. The highest BCUT2D eigenvalue weighted by Gasteiger charge is 2.67. The summed E-state index contributed by atoms with van der Waals surface area (Å²) in [6.07, 6.45) is 0. The van der Waals surface area contributed by atoms with Crippen LogP contribution in [-0.4, -0.2) is 22.9 Å². The van der Waals surface area contributed by atoms with Crippen LogP contribution in [0.3, 0.4) is 0 Å². The Labute approximate surface area is 189 Å².